The highest BCUT2D eigenvalue weighted by Gasteiger charge is 2.09. The fraction of sp³-hybridized carbons (Fsp3) is 0.357. The van der Waals surface area contributed by atoms with Crippen molar-refractivity contribution in [3.05, 3.63) is 47.1 Å². The molecule has 94 valence electrons. The van der Waals surface area contributed by atoms with E-state index in [1.54, 1.807) is 12.2 Å². The number of hydrogen-bond donors (Lipinski definition) is 1. The molecule has 0 bridgehead atoms. The zero-order chi connectivity index (χ0) is 13.4. The third-order valence-corrected chi connectivity index (χ3v) is 2.25. The summed E-state index contributed by atoms with van der Waals surface area (Å²) in [5.74, 6) is -0.140. The van der Waals surface area contributed by atoms with Crippen LogP contribution in [0.3, 0.4) is 0 Å². The van der Waals surface area contributed by atoms with Crippen molar-refractivity contribution in [3.63, 3.8) is 0 Å². The summed E-state index contributed by atoms with van der Waals surface area (Å²) in [7, 11) is 0. The molecule has 0 aliphatic carbocycles. The van der Waals surface area contributed by atoms with Crippen LogP contribution < -0.4 is 5.73 Å². The van der Waals surface area contributed by atoms with E-state index in [0.29, 0.717) is 16.5 Å². The van der Waals surface area contributed by atoms with Gasteiger partial charge in [-0.1, -0.05) is 57.2 Å². The molecule has 2 nitrogen and oxygen atoms in total. The molecule has 0 fully saturated rings. The SMILES string of the molecule is C=C\C(Cl)=C/C(=C\C(C)C)C(=C\CC)/C(N)=O. The van der Waals surface area contributed by atoms with Gasteiger partial charge in [-0.15, -0.1) is 0 Å². The van der Waals surface area contributed by atoms with Crippen molar-refractivity contribution in [1.82, 2.24) is 0 Å². The topological polar surface area (TPSA) is 43.1 Å². The lowest BCUT2D eigenvalue weighted by molar-refractivity contribution is -0.114. The first-order chi connectivity index (χ1) is 7.92. The Morgan fingerprint density at radius 1 is 1.47 bits per heavy atom. The van der Waals surface area contributed by atoms with Gasteiger partial charge in [-0.25, -0.2) is 0 Å². The van der Waals surface area contributed by atoms with Crippen molar-refractivity contribution < 1.29 is 4.79 Å². The largest absolute Gasteiger partial charge is 0.366 e. The van der Waals surface area contributed by atoms with E-state index in [2.05, 4.69) is 6.58 Å². The van der Waals surface area contributed by atoms with Crippen LogP contribution in [0.4, 0.5) is 0 Å². The third-order valence-electron chi connectivity index (χ3n) is 1.99. The van der Waals surface area contributed by atoms with Crippen LogP contribution in [0.1, 0.15) is 27.2 Å². The Morgan fingerprint density at radius 3 is 2.41 bits per heavy atom. The molecule has 0 atom stereocenters. The van der Waals surface area contributed by atoms with Crippen LogP contribution in [0.2, 0.25) is 0 Å². The van der Waals surface area contributed by atoms with Gasteiger partial charge in [-0.2, -0.15) is 0 Å². The van der Waals surface area contributed by atoms with Gasteiger partial charge in [0.2, 0.25) is 5.91 Å². The van der Waals surface area contributed by atoms with Crippen molar-refractivity contribution in [1.29, 1.82) is 0 Å². The minimum atomic E-state index is -0.441. The van der Waals surface area contributed by atoms with Gasteiger partial charge >= 0.3 is 0 Å². The zero-order valence-electron chi connectivity index (χ0n) is 10.7. The summed E-state index contributed by atoms with van der Waals surface area (Å²) < 4.78 is 0. The number of amides is 1. The number of hydrogen-bond acceptors (Lipinski definition) is 1. The highest BCUT2D eigenvalue weighted by Crippen LogP contribution is 2.19. The first-order valence-corrected chi connectivity index (χ1v) is 6.01. The summed E-state index contributed by atoms with van der Waals surface area (Å²) in [5, 5.41) is 0.486. The molecule has 17 heavy (non-hydrogen) atoms. The Morgan fingerprint density at radius 2 is 2.06 bits per heavy atom. The third kappa shape index (κ3) is 6.12. The van der Waals surface area contributed by atoms with E-state index in [1.165, 1.54) is 6.08 Å². The molecule has 0 heterocycles. The van der Waals surface area contributed by atoms with E-state index in [1.807, 2.05) is 26.8 Å². The lowest BCUT2D eigenvalue weighted by Crippen LogP contribution is -2.15. The number of carbonyl (C=O) groups is 1. The van der Waals surface area contributed by atoms with Gasteiger partial charge in [0.05, 0.1) is 0 Å². The monoisotopic (exact) mass is 253 g/mol. The van der Waals surface area contributed by atoms with Crippen LogP contribution in [0.25, 0.3) is 0 Å². The van der Waals surface area contributed by atoms with E-state index in [4.69, 9.17) is 17.3 Å². The summed E-state index contributed by atoms with van der Waals surface area (Å²) >= 11 is 5.92. The Kier molecular flexibility index (Phi) is 7.31. The molecule has 3 heteroatoms. The normalized spacial score (nSPS) is 14.1. The van der Waals surface area contributed by atoms with Gasteiger partial charge in [0.25, 0.3) is 0 Å². The Bertz CT molecular complexity index is 376. The van der Waals surface area contributed by atoms with Crippen LogP contribution in [0.15, 0.2) is 47.1 Å². The highest BCUT2D eigenvalue weighted by atomic mass is 35.5. The van der Waals surface area contributed by atoms with Crippen molar-refractivity contribution in [2.24, 2.45) is 11.7 Å². The summed E-state index contributed by atoms with van der Waals surface area (Å²) in [5.41, 5.74) is 6.62. The van der Waals surface area contributed by atoms with Crippen LogP contribution in [-0.2, 0) is 4.79 Å². The molecule has 0 rings (SSSR count). The van der Waals surface area contributed by atoms with Crippen molar-refractivity contribution >= 4 is 17.5 Å². The second-order valence-electron chi connectivity index (χ2n) is 3.99. The Labute approximate surface area is 109 Å². The minimum Gasteiger partial charge on any atom is -0.366 e. The number of primary amides is 1. The van der Waals surface area contributed by atoms with E-state index >= 15 is 0 Å². The second-order valence-corrected chi connectivity index (χ2v) is 4.43. The smallest absolute Gasteiger partial charge is 0.248 e. The molecule has 1 amide bonds. The van der Waals surface area contributed by atoms with E-state index in [9.17, 15) is 4.79 Å². The van der Waals surface area contributed by atoms with Gasteiger partial charge in [0.15, 0.2) is 0 Å². The maximum Gasteiger partial charge on any atom is 0.248 e. The minimum absolute atomic E-state index is 0.301. The number of rotatable bonds is 6. The highest BCUT2D eigenvalue weighted by molar-refractivity contribution is 6.31. The summed E-state index contributed by atoms with van der Waals surface area (Å²) in [6, 6.07) is 0. The average molecular weight is 254 g/mol. The summed E-state index contributed by atoms with van der Waals surface area (Å²) in [6.45, 7) is 9.59. The van der Waals surface area contributed by atoms with Crippen molar-refractivity contribution in [2.75, 3.05) is 0 Å². The van der Waals surface area contributed by atoms with Crippen LogP contribution >= 0.6 is 11.6 Å². The lowest BCUT2D eigenvalue weighted by atomic mass is 9.99. The molecule has 0 spiro atoms. The van der Waals surface area contributed by atoms with E-state index in [-0.39, 0.29) is 0 Å². The average Bonchev–Trinajstić information content (AvgIpc) is 2.23. The quantitative estimate of drug-likeness (QED) is 0.569. The van der Waals surface area contributed by atoms with Crippen LogP contribution in [0.5, 0.6) is 0 Å². The predicted octanol–water partition coefficient (Wildman–Crippen LogP) is 3.70. The molecule has 0 aromatic heterocycles. The molecular weight excluding hydrogens is 234 g/mol. The molecule has 2 N–H and O–H groups in total. The van der Waals surface area contributed by atoms with E-state index in [0.717, 1.165) is 12.0 Å². The number of nitrogens with two attached hydrogens (primary N) is 1. The zero-order valence-corrected chi connectivity index (χ0v) is 11.4. The number of allylic oxidation sites excluding steroid dienone is 5. The first kappa shape index (κ1) is 15.7. The van der Waals surface area contributed by atoms with E-state index < -0.39 is 5.91 Å². The molecule has 0 aliphatic rings. The van der Waals surface area contributed by atoms with Gasteiger partial charge in [0, 0.05) is 10.6 Å². The molecule has 0 aromatic carbocycles. The first-order valence-electron chi connectivity index (χ1n) is 5.64. The Hall–Kier alpha value is -1.28. The maximum atomic E-state index is 11.4. The molecule has 0 radical (unpaired) electrons. The number of halogens is 1. The van der Waals surface area contributed by atoms with Gasteiger partial charge in [-0.05, 0) is 24.0 Å². The van der Waals surface area contributed by atoms with Gasteiger partial charge < -0.3 is 5.73 Å². The molecule has 0 saturated heterocycles. The standard InChI is InChI=1S/C14H20ClNO/c1-5-7-13(14(16)17)11(8-10(3)4)9-12(15)6-2/h6-10H,2,5H2,1,3-4H3,(H2,16,17)/b11-8+,12-9+,13-7+. The molecule has 0 aromatic rings. The second kappa shape index (κ2) is 7.91. The van der Waals surface area contributed by atoms with Gasteiger partial charge in [-0.3, -0.25) is 4.79 Å². The predicted molar refractivity (Wildman–Crippen MR) is 74.6 cm³/mol. The fourth-order valence-electron chi connectivity index (χ4n) is 1.35. The maximum absolute atomic E-state index is 11.4. The number of carbonyl (C=O) groups excluding carboxylic acids is 1. The molecular formula is C14H20ClNO. The van der Waals surface area contributed by atoms with Crippen molar-refractivity contribution in [2.45, 2.75) is 27.2 Å². The summed E-state index contributed by atoms with van der Waals surface area (Å²) in [6.07, 6.45) is 7.74. The lowest BCUT2D eigenvalue weighted by Gasteiger charge is -2.07. The van der Waals surface area contributed by atoms with Crippen LogP contribution in [-0.4, -0.2) is 5.91 Å². The van der Waals surface area contributed by atoms with Gasteiger partial charge in [0.1, 0.15) is 0 Å². The molecule has 0 aliphatic heterocycles. The fourth-order valence-corrected chi connectivity index (χ4v) is 1.46. The summed E-state index contributed by atoms with van der Waals surface area (Å²) in [4.78, 5) is 11.4. The van der Waals surface area contributed by atoms with Crippen molar-refractivity contribution in [3.8, 4) is 0 Å². The van der Waals surface area contributed by atoms with Crippen LogP contribution in [0, 0.1) is 5.92 Å². The molecule has 0 unspecified atom stereocenters. The Balaban J connectivity index is 5.53. The molecule has 0 saturated carbocycles.